The third-order valence-electron chi connectivity index (χ3n) is 2.78. The van der Waals surface area contributed by atoms with Gasteiger partial charge in [0.05, 0.1) is 6.61 Å². The van der Waals surface area contributed by atoms with Gasteiger partial charge in [-0.2, -0.15) is 0 Å². The van der Waals surface area contributed by atoms with Gasteiger partial charge < -0.3 is 10.5 Å². The van der Waals surface area contributed by atoms with Crippen molar-refractivity contribution < 1.29 is 9.53 Å². The van der Waals surface area contributed by atoms with E-state index in [0.29, 0.717) is 18.9 Å². The van der Waals surface area contributed by atoms with Gasteiger partial charge >= 0.3 is 5.97 Å². The molecule has 2 unspecified atom stereocenters. The van der Waals surface area contributed by atoms with Gasteiger partial charge in [0, 0.05) is 12.5 Å². The first-order valence-corrected chi connectivity index (χ1v) is 6.03. The fourth-order valence-corrected chi connectivity index (χ4v) is 1.75. The number of esters is 1. The molecule has 0 fully saturated rings. The number of rotatable bonds is 8. The molecule has 15 heavy (non-hydrogen) atoms. The van der Waals surface area contributed by atoms with E-state index in [-0.39, 0.29) is 12.0 Å². The first-order chi connectivity index (χ1) is 7.11. The topological polar surface area (TPSA) is 52.3 Å². The van der Waals surface area contributed by atoms with Gasteiger partial charge in [0.1, 0.15) is 0 Å². The van der Waals surface area contributed by atoms with Crippen LogP contribution in [-0.2, 0) is 9.53 Å². The minimum atomic E-state index is -0.0775. The van der Waals surface area contributed by atoms with E-state index >= 15 is 0 Å². The number of ether oxygens (including phenoxy) is 1. The summed E-state index contributed by atoms with van der Waals surface area (Å²) in [6.45, 7) is 6.54. The largest absolute Gasteiger partial charge is 0.466 e. The minimum absolute atomic E-state index is 0.0775. The molecule has 2 N–H and O–H groups in total. The number of nitrogens with two attached hydrogens (primary N) is 1. The van der Waals surface area contributed by atoms with Gasteiger partial charge in [0.2, 0.25) is 0 Å². The summed E-state index contributed by atoms with van der Waals surface area (Å²) in [6.07, 6.45) is 4.77. The molecule has 0 heterocycles. The SMILES string of the molecule is CCOC(=O)CCCCC(CC)C(C)N. The third-order valence-corrected chi connectivity index (χ3v) is 2.78. The number of hydrogen-bond donors (Lipinski definition) is 1. The Bertz CT molecular complexity index is 169. The molecular weight excluding hydrogens is 190 g/mol. The summed E-state index contributed by atoms with van der Waals surface area (Å²) in [7, 11) is 0. The molecule has 0 aliphatic heterocycles. The zero-order valence-corrected chi connectivity index (χ0v) is 10.3. The molecule has 0 aliphatic rings. The Hall–Kier alpha value is -0.570. The van der Waals surface area contributed by atoms with Crippen LogP contribution in [0.2, 0.25) is 0 Å². The van der Waals surface area contributed by atoms with E-state index in [9.17, 15) is 4.79 Å². The number of hydrogen-bond acceptors (Lipinski definition) is 3. The van der Waals surface area contributed by atoms with Crippen LogP contribution in [0, 0.1) is 5.92 Å². The average Bonchev–Trinajstić information content (AvgIpc) is 2.17. The summed E-state index contributed by atoms with van der Waals surface area (Å²) in [6, 6.07) is 0.262. The normalized spacial score (nSPS) is 14.7. The van der Waals surface area contributed by atoms with E-state index in [4.69, 9.17) is 10.5 Å². The van der Waals surface area contributed by atoms with Crippen LogP contribution in [-0.4, -0.2) is 18.6 Å². The zero-order chi connectivity index (χ0) is 11.7. The van der Waals surface area contributed by atoms with Gasteiger partial charge in [-0.15, -0.1) is 0 Å². The van der Waals surface area contributed by atoms with Crippen molar-refractivity contribution in [2.45, 2.75) is 58.9 Å². The van der Waals surface area contributed by atoms with Crippen molar-refractivity contribution in [3.05, 3.63) is 0 Å². The highest BCUT2D eigenvalue weighted by Gasteiger charge is 2.11. The van der Waals surface area contributed by atoms with E-state index in [1.54, 1.807) is 0 Å². The lowest BCUT2D eigenvalue weighted by Crippen LogP contribution is -2.25. The van der Waals surface area contributed by atoms with Crippen LogP contribution in [0.15, 0.2) is 0 Å². The molecule has 0 aromatic carbocycles. The molecule has 2 atom stereocenters. The maximum Gasteiger partial charge on any atom is 0.305 e. The Morgan fingerprint density at radius 3 is 2.47 bits per heavy atom. The molecule has 0 radical (unpaired) electrons. The summed E-state index contributed by atoms with van der Waals surface area (Å²) in [4.78, 5) is 11.0. The van der Waals surface area contributed by atoms with E-state index < -0.39 is 0 Å². The summed E-state index contributed by atoms with van der Waals surface area (Å²) >= 11 is 0. The lowest BCUT2D eigenvalue weighted by Gasteiger charge is -2.18. The van der Waals surface area contributed by atoms with E-state index in [2.05, 4.69) is 13.8 Å². The van der Waals surface area contributed by atoms with Gasteiger partial charge in [0.15, 0.2) is 0 Å². The third kappa shape index (κ3) is 7.37. The standard InChI is InChI=1S/C12H25NO2/c1-4-11(10(3)13)8-6-7-9-12(14)15-5-2/h10-11H,4-9,13H2,1-3H3. The van der Waals surface area contributed by atoms with Crippen LogP contribution in [0.3, 0.4) is 0 Å². The molecule has 90 valence electrons. The number of carbonyl (C=O) groups excluding carboxylic acids is 1. The molecular formula is C12H25NO2. The summed E-state index contributed by atoms with van der Waals surface area (Å²) < 4.78 is 4.86. The Morgan fingerprint density at radius 2 is 2.00 bits per heavy atom. The first kappa shape index (κ1) is 14.4. The quantitative estimate of drug-likeness (QED) is 0.500. The van der Waals surface area contributed by atoms with Gasteiger partial charge in [-0.3, -0.25) is 4.79 Å². The van der Waals surface area contributed by atoms with Crippen LogP contribution < -0.4 is 5.73 Å². The fraction of sp³-hybridized carbons (Fsp3) is 0.917. The second-order valence-electron chi connectivity index (χ2n) is 4.08. The second kappa shape index (κ2) is 8.72. The fourth-order valence-electron chi connectivity index (χ4n) is 1.75. The molecule has 0 aromatic heterocycles. The Kier molecular flexibility index (Phi) is 8.38. The minimum Gasteiger partial charge on any atom is -0.466 e. The maximum atomic E-state index is 11.0. The molecule has 0 aromatic rings. The van der Waals surface area contributed by atoms with Gasteiger partial charge in [-0.05, 0) is 32.6 Å². The van der Waals surface area contributed by atoms with E-state index in [1.165, 1.54) is 0 Å². The molecule has 3 heteroatoms. The van der Waals surface area contributed by atoms with Gasteiger partial charge in [-0.1, -0.05) is 19.8 Å². The lowest BCUT2D eigenvalue weighted by molar-refractivity contribution is -0.143. The second-order valence-corrected chi connectivity index (χ2v) is 4.08. The van der Waals surface area contributed by atoms with Crippen molar-refractivity contribution in [3.63, 3.8) is 0 Å². The van der Waals surface area contributed by atoms with Crippen molar-refractivity contribution >= 4 is 5.97 Å². The Balaban J connectivity index is 3.48. The molecule has 0 bridgehead atoms. The monoisotopic (exact) mass is 215 g/mol. The summed E-state index contributed by atoms with van der Waals surface area (Å²) in [5, 5.41) is 0. The first-order valence-electron chi connectivity index (χ1n) is 6.03. The predicted molar refractivity (Wildman–Crippen MR) is 62.5 cm³/mol. The highest BCUT2D eigenvalue weighted by molar-refractivity contribution is 5.69. The van der Waals surface area contributed by atoms with Gasteiger partial charge in [0.25, 0.3) is 0 Å². The Morgan fingerprint density at radius 1 is 1.33 bits per heavy atom. The smallest absolute Gasteiger partial charge is 0.305 e. The summed E-state index contributed by atoms with van der Waals surface area (Å²) in [5.74, 6) is 0.513. The molecule has 3 nitrogen and oxygen atoms in total. The molecule has 0 saturated heterocycles. The average molecular weight is 215 g/mol. The molecule has 0 spiro atoms. The molecule has 0 saturated carbocycles. The molecule has 0 rings (SSSR count). The predicted octanol–water partition coefficient (Wildman–Crippen LogP) is 2.48. The Labute approximate surface area is 93.4 Å². The van der Waals surface area contributed by atoms with E-state index in [0.717, 1.165) is 25.7 Å². The van der Waals surface area contributed by atoms with Crippen molar-refractivity contribution in [2.75, 3.05) is 6.61 Å². The van der Waals surface area contributed by atoms with Crippen LogP contribution in [0.4, 0.5) is 0 Å². The molecule has 0 aliphatic carbocycles. The van der Waals surface area contributed by atoms with Crippen LogP contribution >= 0.6 is 0 Å². The van der Waals surface area contributed by atoms with Crippen molar-refractivity contribution in [1.29, 1.82) is 0 Å². The lowest BCUT2D eigenvalue weighted by atomic mass is 9.93. The van der Waals surface area contributed by atoms with E-state index in [1.807, 2.05) is 6.92 Å². The van der Waals surface area contributed by atoms with Crippen molar-refractivity contribution in [2.24, 2.45) is 11.7 Å². The zero-order valence-electron chi connectivity index (χ0n) is 10.3. The maximum absolute atomic E-state index is 11.0. The van der Waals surface area contributed by atoms with Crippen LogP contribution in [0.1, 0.15) is 52.9 Å². The number of carbonyl (C=O) groups is 1. The van der Waals surface area contributed by atoms with Crippen LogP contribution in [0.25, 0.3) is 0 Å². The molecule has 0 amide bonds. The number of unbranched alkanes of at least 4 members (excludes halogenated alkanes) is 1. The highest BCUT2D eigenvalue weighted by Crippen LogP contribution is 2.16. The summed E-state index contributed by atoms with van der Waals surface area (Å²) in [5.41, 5.74) is 5.85. The van der Waals surface area contributed by atoms with Gasteiger partial charge in [-0.25, -0.2) is 0 Å². The highest BCUT2D eigenvalue weighted by atomic mass is 16.5. The van der Waals surface area contributed by atoms with Crippen molar-refractivity contribution in [1.82, 2.24) is 0 Å². The van der Waals surface area contributed by atoms with Crippen molar-refractivity contribution in [3.8, 4) is 0 Å². The van der Waals surface area contributed by atoms with Crippen LogP contribution in [0.5, 0.6) is 0 Å².